The van der Waals surface area contributed by atoms with Crippen LogP contribution in [-0.4, -0.2) is 32.9 Å². The highest BCUT2D eigenvalue weighted by Gasteiger charge is 2.21. The molecule has 1 aliphatic heterocycles. The summed E-state index contributed by atoms with van der Waals surface area (Å²) in [5.74, 6) is 1.43. The van der Waals surface area contributed by atoms with Crippen LogP contribution in [0.2, 0.25) is 0 Å². The summed E-state index contributed by atoms with van der Waals surface area (Å²) >= 11 is 0. The second-order valence-corrected chi connectivity index (χ2v) is 5.94. The van der Waals surface area contributed by atoms with E-state index in [4.69, 9.17) is 5.10 Å². The summed E-state index contributed by atoms with van der Waals surface area (Å²) in [5, 5.41) is 16.8. The van der Waals surface area contributed by atoms with Gasteiger partial charge in [0.1, 0.15) is 0 Å². The Bertz CT molecular complexity index is 784. The minimum absolute atomic E-state index is 0.442. The Labute approximate surface area is 129 Å². The van der Waals surface area contributed by atoms with E-state index in [1.165, 1.54) is 5.56 Å². The van der Waals surface area contributed by atoms with E-state index in [2.05, 4.69) is 46.7 Å². The summed E-state index contributed by atoms with van der Waals surface area (Å²) in [4.78, 5) is 0. The molecule has 0 atom stereocenters. The first-order valence-corrected chi connectivity index (χ1v) is 7.81. The third-order valence-corrected chi connectivity index (χ3v) is 4.34. The van der Waals surface area contributed by atoms with Crippen molar-refractivity contribution in [2.45, 2.75) is 25.7 Å². The Kier molecular flexibility index (Phi) is 3.35. The zero-order chi connectivity index (χ0) is 14.9. The first-order chi connectivity index (χ1) is 10.8. The lowest BCUT2D eigenvalue weighted by molar-refractivity contribution is 0.439. The fraction of sp³-hybridized carbons (Fsp3) is 0.353. The summed E-state index contributed by atoms with van der Waals surface area (Å²) in [6.45, 7) is 4.17. The van der Waals surface area contributed by atoms with Crippen molar-refractivity contribution in [1.29, 1.82) is 0 Å². The highest BCUT2D eigenvalue weighted by Crippen LogP contribution is 2.25. The van der Waals surface area contributed by atoms with Crippen molar-refractivity contribution in [2.75, 3.05) is 13.1 Å². The molecule has 0 saturated carbocycles. The summed E-state index contributed by atoms with van der Waals surface area (Å²) < 4.78 is 1.92. The molecule has 3 heterocycles. The standard InChI is InChI=1S/C17H19N5/c1-12-2-4-13(5-3-12)15-6-7-16-19-20-17(22(16)21-15)14-8-10-18-11-9-14/h2-7,14,18H,8-11H2,1H3. The van der Waals surface area contributed by atoms with Crippen LogP contribution in [0.25, 0.3) is 16.9 Å². The van der Waals surface area contributed by atoms with Crippen molar-refractivity contribution in [1.82, 2.24) is 25.1 Å². The third-order valence-electron chi connectivity index (χ3n) is 4.34. The molecule has 1 aliphatic rings. The Balaban J connectivity index is 1.77. The van der Waals surface area contributed by atoms with E-state index < -0.39 is 0 Å². The number of hydrogen-bond donors (Lipinski definition) is 1. The Morgan fingerprint density at radius 1 is 1.00 bits per heavy atom. The average Bonchev–Trinajstić information content (AvgIpc) is 2.99. The summed E-state index contributed by atoms with van der Waals surface area (Å²) in [5.41, 5.74) is 4.16. The molecular weight excluding hydrogens is 274 g/mol. The van der Waals surface area contributed by atoms with Crippen LogP contribution in [0.1, 0.15) is 30.1 Å². The maximum absolute atomic E-state index is 4.78. The van der Waals surface area contributed by atoms with Gasteiger partial charge in [-0.25, -0.2) is 0 Å². The van der Waals surface area contributed by atoms with Gasteiger partial charge in [-0.3, -0.25) is 0 Å². The molecule has 0 unspecified atom stereocenters. The van der Waals surface area contributed by atoms with E-state index in [1.54, 1.807) is 0 Å². The molecule has 0 radical (unpaired) electrons. The van der Waals surface area contributed by atoms with Crippen molar-refractivity contribution in [3.05, 3.63) is 47.8 Å². The SMILES string of the molecule is Cc1ccc(-c2ccc3nnc(C4CCNCC4)n3n2)cc1. The quantitative estimate of drug-likeness (QED) is 0.789. The predicted octanol–water partition coefficient (Wildman–Crippen LogP) is 2.57. The lowest BCUT2D eigenvalue weighted by Crippen LogP contribution is -2.27. The fourth-order valence-electron chi connectivity index (χ4n) is 3.02. The molecule has 2 aromatic heterocycles. The van der Waals surface area contributed by atoms with Crippen molar-refractivity contribution in [2.24, 2.45) is 0 Å². The van der Waals surface area contributed by atoms with Gasteiger partial charge < -0.3 is 5.32 Å². The predicted molar refractivity (Wildman–Crippen MR) is 85.8 cm³/mol. The van der Waals surface area contributed by atoms with Crippen LogP contribution in [-0.2, 0) is 0 Å². The van der Waals surface area contributed by atoms with Gasteiger partial charge in [0.25, 0.3) is 0 Å². The molecule has 0 aliphatic carbocycles. The molecular formula is C17H19N5. The van der Waals surface area contributed by atoms with E-state index in [0.717, 1.165) is 48.7 Å². The number of hydrogen-bond acceptors (Lipinski definition) is 4. The second kappa shape index (κ2) is 5.50. The highest BCUT2D eigenvalue weighted by atomic mass is 15.4. The third kappa shape index (κ3) is 2.37. The Hall–Kier alpha value is -2.27. The monoisotopic (exact) mass is 293 g/mol. The minimum atomic E-state index is 0.442. The van der Waals surface area contributed by atoms with E-state index in [9.17, 15) is 0 Å². The molecule has 0 spiro atoms. The topological polar surface area (TPSA) is 55.1 Å². The van der Waals surface area contributed by atoms with Gasteiger partial charge in [-0.05, 0) is 45.0 Å². The highest BCUT2D eigenvalue weighted by molar-refractivity contribution is 5.60. The van der Waals surface area contributed by atoms with Crippen LogP contribution >= 0.6 is 0 Å². The van der Waals surface area contributed by atoms with Gasteiger partial charge >= 0.3 is 0 Å². The van der Waals surface area contributed by atoms with Crippen LogP contribution < -0.4 is 5.32 Å². The van der Waals surface area contributed by atoms with Crippen LogP contribution in [0, 0.1) is 6.92 Å². The van der Waals surface area contributed by atoms with E-state index >= 15 is 0 Å². The van der Waals surface area contributed by atoms with Crippen LogP contribution in [0.15, 0.2) is 36.4 Å². The zero-order valence-corrected chi connectivity index (χ0v) is 12.7. The number of benzene rings is 1. The zero-order valence-electron chi connectivity index (χ0n) is 12.7. The Morgan fingerprint density at radius 2 is 1.77 bits per heavy atom. The maximum Gasteiger partial charge on any atom is 0.177 e. The fourth-order valence-corrected chi connectivity index (χ4v) is 3.02. The maximum atomic E-state index is 4.78. The normalized spacial score (nSPS) is 16.2. The van der Waals surface area contributed by atoms with E-state index in [-0.39, 0.29) is 0 Å². The number of aromatic nitrogens is 4. The summed E-state index contributed by atoms with van der Waals surface area (Å²) in [6.07, 6.45) is 2.19. The Morgan fingerprint density at radius 3 is 2.55 bits per heavy atom. The number of rotatable bonds is 2. The van der Waals surface area contributed by atoms with E-state index in [1.807, 2.05) is 16.6 Å². The first-order valence-electron chi connectivity index (χ1n) is 7.81. The largest absolute Gasteiger partial charge is 0.317 e. The lowest BCUT2D eigenvalue weighted by atomic mass is 9.97. The molecule has 1 fully saturated rings. The molecule has 0 bridgehead atoms. The average molecular weight is 293 g/mol. The van der Waals surface area contributed by atoms with E-state index in [0.29, 0.717) is 5.92 Å². The number of nitrogens with zero attached hydrogens (tertiary/aromatic N) is 4. The molecule has 3 aromatic rings. The summed E-state index contributed by atoms with van der Waals surface area (Å²) in [6, 6.07) is 12.5. The molecule has 5 heteroatoms. The molecule has 1 N–H and O–H groups in total. The van der Waals surface area contributed by atoms with Gasteiger partial charge in [0, 0.05) is 11.5 Å². The molecule has 0 amide bonds. The van der Waals surface area contributed by atoms with Gasteiger partial charge in [0.05, 0.1) is 5.69 Å². The molecule has 1 saturated heterocycles. The van der Waals surface area contributed by atoms with Crippen LogP contribution in [0.4, 0.5) is 0 Å². The first kappa shape index (κ1) is 13.4. The van der Waals surface area contributed by atoms with Gasteiger partial charge in [-0.2, -0.15) is 9.61 Å². The molecule has 5 nitrogen and oxygen atoms in total. The minimum Gasteiger partial charge on any atom is -0.317 e. The summed E-state index contributed by atoms with van der Waals surface area (Å²) in [7, 11) is 0. The molecule has 1 aromatic carbocycles. The molecule has 4 rings (SSSR count). The number of fused-ring (bicyclic) bond motifs is 1. The van der Waals surface area contributed by atoms with Crippen LogP contribution in [0.3, 0.4) is 0 Å². The van der Waals surface area contributed by atoms with Crippen molar-refractivity contribution < 1.29 is 0 Å². The molecule has 22 heavy (non-hydrogen) atoms. The van der Waals surface area contributed by atoms with Gasteiger partial charge in [-0.15, -0.1) is 10.2 Å². The van der Waals surface area contributed by atoms with Crippen molar-refractivity contribution >= 4 is 5.65 Å². The lowest BCUT2D eigenvalue weighted by Gasteiger charge is -2.20. The van der Waals surface area contributed by atoms with Gasteiger partial charge in [0.2, 0.25) is 0 Å². The number of nitrogens with one attached hydrogen (secondary N) is 1. The second-order valence-electron chi connectivity index (χ2n) is 5.94. The number of aryl methyl sites for hydroxylation is 1. The van der Waals surface area contributed by atoms with Gasteiger partial charge in [0.15, 0.2) is 11.5 Å². The van der Waals surface area contributed by atoms with Crippen molar-refractivity contribution in [3.8, 4) is 11.3 Å². The van der Waals surface area contributed by atoms with Crippen LogP contribution in [0.5, 0.6) is 0 Å². The smallest absolute Gasteiger partial charge is 0.177 e. The number of piperidine rings is 1. The molecule has 112 valence electrons. The van der Waals surface area contributed by atoms with Gasteiger partial charge in [-0.1, -0.05) is 29.8 Å². The van der Waals surface area contributed by atoms with Crippen molar-refractivity contribution in [3.63, 3.8) is 0 Å².